The summed E-state index contributed by atoms with van der Waals surface area (Å²) in [6, 6.07) is 2.99. The Hall–Kier alpha value is -2.44. The van der Waals surface area contributed by atoms with Crippen molar-refractivity contribution in [1.82, 2.24) is 15.2 Å². The Kier molecular flexibility index (Phi) is 2.97. The van der Waals surface area contributed by atoms with Crippen molar-refractivity contribution in [2.45, 2.75) is 6.92 Å². The Morgan fingerprint density at radius 1 is 1.33 bits per heavy atom. The minimum atomic E-state index is -0.488. The van der Waals surface area contributed by atoms with E-state index in [1.54, 1.807) is 13.0 Å². The molecule has 0 spiro atoms. The summed E-state index contributed by atoms with van der Waals surface area (Å²) in [5, 5.41) is 2.13. The fourth-order valence-corrected chi connectivity index (χ4v) is 1.78. The summed E-state index contributed by atoms with van der Waals surface area (Å²) in [6.07, 6.45) is 0. The van der Waals surface area contributed by atoms with Crippen LogP contribution in [0.4, 0.5) is 5.82 Å². The van der Waals surface area contributed by atoms with Crippen LogP contribution in [-0.2, 0) is 9.59 Å². The Morgan fingerprint density at radius 3 is 2.50 bits per heavy atom. The first-order chi connectivity index (χ1) is 8.45. The van der Waals surface area contributed by atoms with Gasteiger partial charge in [0.15, 0.2) is 0 Å². The van der Waals surface area contributed by atoms with Crippen LogP contribution in [-0.4, -0.2) is 40.7 Å². The maximum Gasteiger partial charge on any atom is 0.254 e. The standard InChI is InChI=1S/C11H12N4O3/c1-6-2-7(3-8(12)13-6)11(18)15-4-9(16)14-10(17)5-15/h2-3H,4-5H2,1H3,(H2,12,13)(H,14,16,17). The van der Waals surface area contributed by atoms with Gasteiger partial charge in [-0.1, -0.05) is 0 Å². The van der Waals surface area contributed by atoms with Crippen molar-refractivity contribution in [3.05, 3.63) is 23.4 Å². The van der Waals surface area contributed by atoms with Crippen LogP contribution >= 0.6 is 0 Å². The van der Waals surface area contributed by atoms with Crippen LogP contribution in [0.1, 0.15) is 16.1 Å². The number of aryl methyl sites for hydroxylation is 1. The van der Waals surface area contributed by atoms with Crippen LogP contribution in [0.15, 0.2) is 12.1 Å². The van der Waals surface area contributed by atoms with Gasteiger partial charge in [-0.15, -0.1) is 0 Å². The molecule has 2 heterocycles. The van der Waals surface area contributed by atoms with Gasteiger partial charge in [0.1, 0.15) is 18.9 Å². The first-order valence-electron chi connectivity index (χ1n) is 5.32. The number of nitrogens with zero attached hydrogens (tertiary/aromatic N) is 2. The molecule has 7 heteroatoms. The number of nitrogen functional groups attached to an aromatic ring is 1. The quantitative estimate of drug-likeness (QED) is 0.625. The van der Waals surface area contributed by atoms with Gasteiger partial charge in [0.05, 0.1) is 0 Å². The number of rotatable bonds is 1. The van der Waals surface area contributed by atoms with Crippen LogP contribution in [0.3, 0.4) is 0 Å². The Morgan fingerprint density at radius 2 is 1.94 bits per heavy atom. The third kappa shape index (κ3) is 2.45. The second-order valence-electron chi connectivity index (χ2n) is 4.05. The molecule has 1 saturated heterocycles. The number of aromatic nitrogens is 1. The second-order valence-corrected chi connectivity index (χ2v) is 4.05. The van der Waals surface area contributed by atoms with Crippen molar-refractivity contribution in [3.8, 4) is 0 Å². The topological polar surface area (TPSA) is 105 Å². The van der Waals surface area contributed by atoms with E-state index in [2.05, 4.69) is 10.3 Å². The lowest BCUT2D eigenvalue weighted by molar-refractivity contribution is -0.135. The number of piperazine rings is 1. The molecule has 0 bridgehead atoms. The summed E-state index contributed by atoms with van der Waals surface area (Å²) in [5.74, 6) is -1.15. The van der Waals surface area contributed by atoms with E-state index in [0.29, 0.717) is 11.3 Å². The number of nitrogens with two attached hydrogens (primary N) is 1. The number of amides is 3. The van der Waals surface area contributed by atoms with Gasteiger partial charge in [-0.25, -0.2) is 4.98 Å². The number of pyridine rings is 1. The highest BCUT2D eigenvalue weighted by Gasteiger charge is 2.27. The van der Waals surface area contributed by atoms with Crippen molar-refractivity contribution >= 4 is 23.5 Å². The summed E-state index contributed by atoms with van der Waals surface area (Å²) < 4.78 is 0. The van der Waals surface area contributed by atoms with Gasteiger partial charge in [-0.2, -0.15) is 0 Å². The largest absolute Gasteiger partial charge is 0.384 e. The average Bonchev–Trinajstić information content (AvgIpc) is 2.25. The number of hydrogen-bond acceptors (Lipinski definition) is 5. The Labute approximate surface area is 103 Å². The van der Waals surface area contributed by atoms with Gasteiger partial charge in [0.2, 0.25) is 11.8 Å². The zero-order chi connectivity index (χ0) is 13.3. The van der Waals surface area contributed by atoms with E-state index in [1.165, 1.54) is 11.0 Å². The zero-order valence-corrected chi connectivity index (χ0v) is 9.77. The molecule has 7 nitrogen and oxygen atoms in total. The minimum Gasteiger partial charge on any atom is -0.384 e. The molecule has 0 aliphatic carbocycles. The number of nitrogens with one attached hydrogen (secondary N) is 1. The summed E-state index contributed by atoms with van der Waals surface area (Å²) in [6.45, 7) is 1.44. The fraction of sp³-hybridized carbons (Fsp3) is 0.273. The number of anilines is 1. The van der Waals surface area contributed by atoms with Crippen LogP contribution in [0.5, 0.6) is 0 Å². The van der Waals surface area contributed by atoms with Crippen LogP contribution in [0, 0.1) is 6.92 Å². The third-order valence-corrected chi connectivity index (χ3v) is 2.46. The molecule has 0 unspecified atom stereocenters. The number of hydrogen-bond donors (Lipinski definition) is 2. The van der Waals surface area contributed by atoms with Gasteiger partial charge in [-0.05, 0) is 19.1 Å². The van der Waals surface area contributed by atoms with E-state index >= 15 is 0 Å². The zero-order valence-electron chi connectivity index (χ0n) is 9.77. The fourth-order valence-electron chi connectivity index (χ4n) is 1.78. The van der Waals surface area contributed by atoms with E-state index in [-0.39, 0.29) is 18.9 Å². The van der Waals surface area contributed by atoms with Crippen LogP contribution in [0.2, 0.25) is 0 Å². The molecular weight excluding hydrogens is 236 g/mol. The smallest absolute Gasteiger partial charge is 0.254 e. The number of carbonyl (C=O) groups is 3. The SMILES string of the molecule is Cc1cc(C(=O)N2CC(=O)NC(=O)C2)cc(N)n1. The molecule has 0 saturated carbocycles. The van der Waals surface area contributed by atoms with Crippen molar-refractivity contribution < 1.29 is 14.4 Å². The van der Waals surface area contributed by atoms with E-state index in [4.69, 9.17) is 5.73 Å². The molecule has 1 aromatic rings. The molecule has 3 N–H and O–H groups in total. The summed E-state index contributed by atoms with van der Waals surface area (Å²) >= 11 is 0. The van der Waals surface area contributed by atoms with E-state index in [0.717, 1.165) is 0 Å². The van der Waals surface area contributed by atoms with Crippen LogP contribution < -0.4 is 11.1 Å². The molecule has 3 amide bonds. The lowest BCUT2D eigenvalue weighted by Crippen LogP contribution is -2.53. The molecule has 1 aromatic heterocycles. The predicted octanol–water partition coefficient (Wildman–Crippen LogP) is -0.929. The molecule has 1 aliphatic rings. The van der Waals surface area contributed by atoms with Gasteiger partial charge < -0.3 is 10.6 Å². The van der Waals surface area contributed by atoms with E-state index in [1.807, 2.05) is 0 Å². The molecule has 0 atom stereocenters. The van der Waals surface area contributed by atoms with Gasteiger partial charge in [0, 0.05) is 11.3 Å². The molecule has 2 rings (SSSR count). The normalized spacial score (nSPS) is 15.5. The first-order valence-corrected chi connectivity index (χ1v) is 5.32. The average molecular weight is 248 g/mol. The highest BCUT2D eigenvalue weighted by atomic mass is 16.2. The summed E-state index contributed by atoms with van der Waals surface area (Å²) in [7, 11) is 0. The van der Waals surface area contributed by atoms with Crippen molar-refractivity contribution in [1.29, 1.82) is 0 Å². The third-order valence-electron chi connectivity index (χ3n) is 2.46. The second kappa shape index (κ2) is 4.44. The number of carbonyl (C=O) groups excluding carboxylic acids is 3. The molecule has 94 valence electrons. The summed E-state index contributed by atoms with van der Waals surface area (Å²) in [4.78, 5) is 39.6. The van der Waals surface area contributed by atoms with Crippen molar-refractivity contribution in [2.24, 2.45) is 0 Å². The van der Waals surface area contributed by atoms with Gasteiger partial charge in [0.25, 0.3) is 5.91 Å². The van der Waals surface area contributed by atoms with Crippen molar-refractivity contribution in [2.75, 3.05) is 18.8 Å². The first kappa shape index (κ1) is 12.0. The Balaban J connectivity index is 2.25. The number of imide groups is 1. The van der Waals surface area contributed by atoms with Crippen LogP contribution in [0.25, 0.3) is 0 Å². The highest BCUT2D eigenvalue weighted by molar-refractivity contribution is 6.05. The molecular formula is C11H12N4O3. The highest BCUT2D eigenvalue weighted by Crippen LogP contribution is 2.11. The van der Waals surface area contributed by atoms with Gasteiger partial charge >= 0.3 is 0 Å². The monoisotopic (exact) mass is 248 g/mol. The lowest BCUT2D eigenvalue weighted by Gasteiger charge is -2.25. The minimum absolute atomic E-state index is 0.133. The molecule has 0 aromatic carbocycles. The predicted molar refractivity (Wildman–Crippen MR) is 62.4 cm³/mol. The molecule has 1 aliphatic heterocycles. The molecule has 18 heavy (non-hydrogen) atoms. The molecule has 0 radical (unpaired) electrons. The van der Waals surface area contributed by atoms with Gasteiger partial charge in [-0.3, -0.25) is 19.7 Å². The maximum absolute atomic E-state index is 12.1. The summed E-state index contributed by atoms with van der Waals surface area (Å²) in [5.41, 5.74) is 6.48. The Bertz CT molecular complexity index is 505. The lowest BCUT2D eigenvalue weighted by atomic mass is 10.2. The van der Waals surface area contributed by atoms with E-state index < -0.39 is 17.7 Å². The maximum atomic E-state index is 12.1. The van der Waals surface area contributed by atoms with E-state index in [9.17, 15) is 14.4 Å². The molecule has 1 fully saturated rings. The van der Waals surface area contributed by atoms with Crippen molar-refractivity contribution in [3.63, 3.8) is 0 Å².